The number of H-pyrrole nitrogens is 1. The second kappa shape index (κ2) is 6.30. The molecule has 1 aromatic heterocycles. The summed E-state index contributed by atoms with van der Waals surface area (Å²) in [4.78, 5) is 15.8. The Hall–Kier alpha value is -2.31. The summed E-state index contributed by atoms with van der Waals surface area (Å²) in [5, 5.41) is 22.5. The number of hydrogen-bond acceptors (Lipinski definition) is 5. The van der Waals surface area contributed by atoms with Gasteiger partial charge in [0, 0.05) is 29.1 Å². The van der Waals surface area contributed by atoms with Crippen LogP contribution in [-0.4, -0.2) is 47.0 Å². The summed E-state index contributed by atoms with van der Waals surface area (Å²) < 4.78 is 5.13. The molecule has 0 bridgehead atoms. The highest BCUT2D eigenvalue weighted by atomic mass is 16.5. The number of fused-ring (bicyclic) bond motifs is 3. The van der Waals surface area contributed by atoms with Gasteiger partial charge in [0.15, 0.2) is 0 Å². The van der Waals surface area contributed by atoms with E-state index in [0.29, 0.717) is 12.1 Å². The molecule has 24 heavy (non-hydrogen) atoms. The first-order valence-electron chi connectivity index (χ1n) is 7.95. The first kappa shape index (κ1) is 16.5. The summed E-state index contributed by atoms with van der Waals surface area (Å²) in [5.41, 5.74) is 2.96. The van der Waals surface area contributed by atoms with Gasteiger partial charge in [-0.15, -0.1) is 0 Å². The average Bonchev–Trinajstić information content (AvgIpc) is 2.90. The molecular formula is C18H22N2O4. The highest BCUT2D eigenvalue weighted by Gasteiger charge is 2.33. The fraction of sp³-hybridized carbons (Fsp3) is 0.389. The minimum absolute atomic E-state index is 0.182. The number of carbonyl (C=O) groups excluding carboxylic acids is 1. The number of hydrogen-bond donors (Lipinski definition) is 4. The largest absolute Gasteiger partial charge is 0.459 e. The Bertz CT molecular complexity index is 791. The Morgan fingerprint density at radius 1 is 1.38 bits per heavy atom. The number of carbonyl (C=O) groups is 1. The predicted molar refractivity (Wildman–Crippen MR) is 91.4 cm³/mol. The Labute approximate surface area is 140 Å². The van der Waals surface area contributed by atoms with E-state index in [-0.39, 0.29) is 12.0 Å². The van der Waals surface area contributed by atoms with Gasteiger partial charge in [-0.25, -0.2) is 4.79 Å². The molecule has 2 heterocycles. The van der Waals surface area contributed by atoms with Crippen LogP contribution in [0.5, 0.6) is 0 Å². The third kappa shape index (κ3) is 2.90. The van der Waals surface area contributed by atoms with Crippen molar-refractivity contribution in [3.8, 4) is 0 Å². The molecule has 0 saturated carbocycles. The van der Waals surface area contributed by atoms with Crippen LogP contribution in [0.4, 0.5) is 0 Å². The lowest BCUT2D eigenvalue weighted by Gasteiger charge is -2.24. The van der Waals surface area contributed by atoms with Crippen molar-refractivity contribution in [2.45, 2.75) is 25.4 Å². The summed E-state index contributed by atoms with van der Waals surface area (Å²) in [5.74, 6) is -0.541. The molecule has 0 saturated heterocycles. The molecule has 2 aromatic rings. The van der Waals surface area contributed by atoms with Gasteiger partial charge in [-0.05, 0) is 11.6 Å². The van der Waals surface area contributed by atoms with E-state index in [4.69, 9.17) is 9.84 Å². The number of aliphatic hydroxyl groups excluding tert-OH is 2. The molecule has 4 N–H and O–H groups in total. The van der Waals surface area contributed by atoms with Crippen LogP contribution < -0.4 is 5.32 Å². The minimum atomic E-state index is -1.08. The van der Waals surface area contributed by atoms with E-state index >= 15 is 0 Å². The van der Waals surface area contributed by atoms with Crippen molar-refractivity contribution in [3.05, 3.63) is 41.7 Å². The first-order valence-corrected chi connectivity index (χ1v) is 7.95. The van der Waals surface area contributed by atoms with Crippen LogP contribution in [0.15, 0.2) is 30.5 Å². The normalized spacial score (nSPS) is 17.4. The van der Waals surface area contributed by atoms with Crippen LogP contribution in [0.25, 0.3) is 16.5 Å². The number of nitrogens with one attached hydrogen (secondary N) is 2. The number of aromatic nitrogens is 1. The van der Waals surface area contributed by atoms with E-state index in [9.17, 15) is 9.90 Å². The third-order valence-corrected chi connectivity index (χ3v) is 4.28. The number of aromatic amines is 1. The second-order valence-corrected chi connectivity index (χ2v) is 6.68. The van der Waals surface area contributed by atoms with Crippen molar-refractivity contribution in [1.29, 1.82) is 0 Å². The Kier molecular flexibility index (Phi) is 4.34. The SMILES string of the molecule is CC1(C)CNC=C(C(=O)OC[C@@H](O)CO)c2[nH]c3ccccc3c21. The van der Waals surface area contributed by atoms with E-state index < -0.39 is 18.7 Å². The molecule has 0 unspecified atom stereocenters. The van der Waals surface area contributed by atoms with Crippen LogP contribution in [0.1, 0.15) is 25.1 Å². The molecule has 1 atom stereocenters. The Morgan fingerprint density at radius 2 is 2.12 bits per heavy atom. The average molecular weight is 330 g/mol. The maximum absolute atomic E-state index is 12.5. The summed E-state index contributed by atoms with van der Waals surface area (Å²) in [7, 11) is 0. The van der Waals surface area contributed by atoms with Crippen LogP contribution in [0.2, 0.25) is 0 Å². The van der Waals surface area contributed by atoms with E-state index in [0.717, 1.165) is 22.2 Å². The van der Waals surface area contributed by atoms with Gasteiger partial charge in [0.25, 0.3) is 0 Å². The zero-order valence-corrected chi connectivity index (χ0v) is 13.8. The number of para-hydroxylation sites is 1. The lowest BCUT2D eigenvalue weighted by molar-refractivity contribution is -0.140. The van der Waals surface area contributed by atoms with Gasteiger partial charge in [0.2, 0.25) is 0 Å². The Balaban J connectivity index is 2.03. The molecule has 1 aliphatic rings. The summed E-state index contributed by atoms with van der Waals surface area (Å²) in [6.07, 6.45) is 0.572. The molecule has 3 rings (SSSR count). The molecule has 0 fully saturated rings. The van der Waals surface area contributed by atoms with E-state index in [1.807, 2.05) is 24.3 Å². The molecule has 6 heteroatoms. The minimum Gasteiger partial charge on any atom is -0.459 e. The van der Waals surface area contributed by atoms with Gasteiger partial charge in [-0.2, -0.15) is 0 Å². The first-order chi connectivity index (χ1) is 11.4. The Morgan fingerprint density at radius 3 is 2.88 bits per heavy atom. The van der Waals surface area contributed by atoms with Crippen LogP contribution in [0, 0.1) is 0 Å². The highest BCUT2D eigenvalue weighted by Crippen LogP contribution is 2.38. The fourth-order valence-corrected chi connectivity index (χ4v) is 3.08. The maximum Gasteiger partial charge on any atom is 0.341 e. The number of ether oxygens (including phenoxy) is 1. The zero-order chi connectivity index (χ0) is 17.3. The van der Waals surface area contributed by atoms with Gasteiger partial charge in [0.1, 0.15) is 12.7 Å². The summed E-state index contributed by atoms with van der Waals surface area (Å²) in [6, 6.07) is 7.94. The standard InChI is InChI=1S/C18H22N2O4/c1-18(2)10-19-7-13(17(23)24-9-11(22)8-21)16-15(18)12-5-3-4-6-14(12)20-16/h3-7,11,19-22H,8-10H2,1-2H3/t11-/m0/s1. The van der Waals surface area contributed by atoms with E-state index in [1.54, 1.807) is 6.20 Å². The van der Waals surface area contributed by atoms with Crippen molar-refractivity contribution >= 4 is 22.4 Å². The van der Waals surface area contributed by atoms with E-state index in [1.165, 1.54) is 0 Å². The van der Waals surface area contributed by atoms with Gasteiger partial charge in [-0.1, -0.05) is 32.0 Å². The smallest absolute Gasteiger partial charge is 0.341 e. The van der Waals surface area contributed by atoms with E-state index in [2.05, 4.69) is 24.1 Å². The molecule has 6 nitrogen and oxygen atoms in total. The number of benzene rings is 1. The fourth-order valence-electron chi connectivity index (χ4n) is 3.08. The summed E-state index contributed by atoms with van der Waals surface area (Å²) in [6.45, 7) is 4.23. The number of esters is 1. The monoisotopic (exact) mass is 330 g/mol. The third-order valence-electron chi connectivity index (χ3n) is 4.28. The van der Waals surface area contributed by atoms with Crippen LogP contribution in [0.3, 0.4) is 0 Å². The second-order valence-electron chi connectivity index (χ2n) is 6.68. The number of rotatable bonds is 4. The molecule has 0 amide bonds. The van der Waals surface area contributed by atoms with Crippen LogP contribution >= 0.6 is 0 Å². The molecule has 1 aromatic carbocycles. The topological polar surface area (TPSA) is 94.6 Å². The molecule has 1 aliphatic heterocycles. The molecular weight excluding hydrogens is 308 g/mol. The van der Waals surface area contributed by atoms with Gasteiger partial charge in [0.05, 0.1) is 17.9 Å². The molecule has 128 valence electrons. The van der Waals surface area contributed by atoms with Crippen LogP contribution in [-0.2, 0) is 14.9 Å². The lowest BCUT2D eigenvalue weighted by Crippen LogP contribution is -2.29. The molecule has 0 aliphatic carbocycles. The van der Waals surface area contributed by atoms with Crippen molar-refractivity contribution < 1.29 is 19.7 Å². The molecule has 0 spiro atoms. The maximum atomic E-state index is 12.5. The lowest BCUT2D eigenvalue weighted by atomic mass is 9.82. The van der Waals surface area contributed by atoms with Crippen molar-refractivity contribution in [3.63, 3.8) is 0 Å². The summed E-state index contributed by atoms with van der Waals surface area (Å²) >= 11 is 0. The quantitative estimate of drug-likeness (QED) is 0.634. The molecule has 0 radical (unpaired) electrons. The predicted octanol–water partition coefficient (Wildman–Crippen LogP) is 1.29. The van der Waals surface area contributed by atoms with Crippen molar-refractivity contribution in [1.82, 2.24) is 10.3 Å². The van der Waals surface area contributed by atoms with Gasteiger partial charge in [-0.3, -0.25) is 0 Å². The highest BCUT2D eigenvalue weighted by molar-refractivity contribution is 6.17. The van der Waals surface area contributed by atoms with Gasteiger partial charge < -0.3 is 25.3 Å². The van der Waals surface area contributed by atoms with Gasteiger partial charge >= 0.3 is 5.97 Å². The van der Waals surface area contributed by atoms with Crippen molar-refractivity contribution in [2.75, 3.05) is 19.8 Å². The number of aliphatic hydroxyl groups is 2. The zero-order valence-electron chi connectivity index (χ0n) is 13.8. The van der Waals surface area contributed by atoms with Crippen molar-refractivity contribution in [2.24, 2.45) is 0 Å².